The van der Waals surface area contributed by atoms with Gasteiger partial charge in [0.05, 0.1) is 13.2 Å². The molecule has 0 spiro atoms. The molecular formula is C30H31N3O3. The van der Waals surface area contributed by atoms with Gasteiger partial charge in [0.1, 0.15) is 11.8 Å². The fraction of sp³-hybridized carbons (Fsp3) is 0.267. The Labute approximate surface area is 211 Å². The van der Waals surface area contributed by atoms with Gasteiger partial charge in [-0.2, -0.15) is 0 Å². The second-order valence-corrected chi connectivity index (χ2v) is 9.39. The van der Waals surface area contributed by atoms with E-state index in [-0.39, 0.29) is 23.8 Å². The first-order valence-corrected chi connectivity index (χ1v) is 12.4. The zero-order chi connectivity index (χ0) is 25.2. The molecule has 1 aromatic heterocycles. The number of aromatic nitrogens is 1. The molecule has 3 atom stereocenters. The summed E-state index contributed by atoms with van der Waals surface area (Å²) in [6, 6.07) is 22.4. The highest BCUT2D eigenvalue weighted by Gasteiger charge is 2.46. The van der Waals surface area contributed by atoms with E-state index in [1.165, 1.54) is 0 Å². The lowest BCUT2D eigenvalue weighted by atomic mass is 9.92. The van der Waals surface area contributed by atoms with Crippen LogP contribution in [0.3, 0.4) is 0 Å². The van der Waals surface area contributed by atoms with E-state index >= 15 is 0 Å². The minimum absolute atomic E-state index is 0.0353. The number of methoxy groups -OCH3 is 1. The van der Waals surface area contributed by atoms with E-state index in [9.17, 15) is 9.59 Å². The Morgan fingerprint density at radius 3 is 2.50 bits per heavy atom. The topological polar surface area (TPSA) is 74.4 Å². The van der Waals surface area contributed by atoms with Crippen molar-refractivity contribution in [3.05, 3.63) is 101 Å². The second kappa shape index (κ2) is 9.90. The number of benzene rings is 3. The monoisotopic (exact) mass is 481 g/mol. The molecule has 3 unspecified atom stereocenters. The smallest absolute Gasteiger partial charge is 0.255 e. The molecule has 2 N–H and O–H groups in total. The Morgan fingerprint density at radius 2 is 1.75 bits per heavy atom. The van der Waals surface area contributed by atoms with Crippen LogP contribution in [0, 0.1) is 5.92 Å². The van der Waals surface area contributed by atoms with Gasteiger partial charge < -0.3 is 19.9 Å². The molecule has 1 aliphatic rings. The van der Waals surface area contributed by atoms with Crippen molar-refractivity contribution in [3.63, 3.8) is 0 Å². The first-order valence-electron chi connectivity index (χ1n) is 12.4. The number of rotatable bonds is 8. The molecule has 6 heteroatoms. The number of para-hydroxylation sites is 1. The van der Waals surface area contributed by atoms with E-state index in [2.05, 4.69) is 23.3 Å². The van der Waals surface area contributed by atoms with Gasteiger partial charge in [-0.25, -0.2) is 0 Å². The molecule has 184 valence electrons. The summed E-state index contributed by atoms with van der Waals surface area (Å²) in [6.07, 6.45) is 2.74. The number of ether oxygens (including phenoxy) is 1. The van der Waals surface area contributed by atoms with E-state index in [4.69, 9.17) is 4.74 Å². The molecule has 0 aliphatic carbocycles. The number of hydrogen-bond acceptors (Lipinski definition) is 3. The first kappa shape index (κ1) is 23.7. The molecule has 36 heavy (non-hydrogen) atoms. The Balaban J connectivity index is 1.52. The maximum Gasteiger partial charge on any atom is 0.255 e. The number of fused-ring (bicyclic) bond motifs is 2. The Morgan fingerprint density at radius 1 is 1.03 bits per heavy atom. The highest BCUT2D eigenvalue weighted by atomic mass is 16.5. The largest absolute Gasteiger partial charge is 0.497 e. The zero-order valence-electron chi connectivity index (χ0n) is 20.8. The number of carbonyl (C=O) groups is 2. The first-order chi connectivity index (χ1) is 17.5. The summed E-state index contributed by atoms with van der Waals surface area (Å²) in [5.41, 5.74) is 4.57. The molecule has 0 bridgehead atoms. The predicted octanol–water partition coefficient (Wildman–Crippen LogP) is 5.45. The minimum atomic E-state index is -0.619. The van der Waals surface area contributed by atoms with Crippen molar-refractivity contribution in [2.45, 2.75) is 38.9 Å². The van der Waals surface area contributed by atoms with Crippen molar-refractivity contribution in [2.75, 3.05) is 7.11 Å². The molecule has 3 aromatic carbocycles. The summed E-state index contributed by atoms with van der Waals surface area (Å²) in [6.45, 7) is 4.48. The highest BCUT2D eigenvalue weighted by molar-refractivity contribution is 6.03. The number of aromatic amines is 1. The summed E-state index contributed by atoms with van der Waals surface area (Å²) < 4.78 is 5.23. The molecule has 6 nitrogen and oxygen atoms in total. The van der Waals surface area contributed by atoms with Crippen LogP contribution >= 0.6 is 0 Å². The fourth-order valence-corrected chi connectivity index (χ4v) is 5.18. The minimum Gasteiger partial charge on any atom is -0.497 e. The van der Waals surface area contributed by atoms with Gasteiger partial charge >= 0.3 is 0 Å². The van der Waals surface area contributed by atoms with Crippen LogP contribution in [0.5, 0.6) is 5.75 Å². The number of hydrogen-bond donors (Lipinski definition) is 2. The molecule has 5 rings (SSSR count). The number of nitrogens with zero attached hydrogens (tertiary/aromatic N) is 1. The van der Waals surface area contributed by atoms with E-state index in [0.717, 1.165) is 39.8 Å². The van der Waals surface area contributed by atoms with Crippen LogP contribution in [-0.2, 0) is 11.3 Å². The molecule has 1 aliphatic heterocycles. The molecule has 0 radical (unpaired) electrons. The van der Waals surface area contributed by atoms with Crippen LogP contribution in [-0.4, -0.2) is 34.8 Å². The summed E-state index contributed by atoms with van der Waals surface area (Å²) in [4.78, 5) is 32.8. The maximum absolute atomic E-state index is 13.9. The number of H-pyrrole nitrogens is 1. The SMILES string of the molecule is CCC(C)C(C(=O)NCc1ccc(OC)cc1)N1C(=O)c2ccccc2C1c1c[nH]c2ccccc12. The van der Waals surface area contributed by atoms with Crippen LogP contribution < -0.4 is 10.1 Å². The lowest BCUT2D eigenvalue weighted by molar-refractivity contribution is -0.128. The molecule has 0 saturated carbocycles. The van der Waals surface area contributed by atoms with Gasteiger partial charge in [0.15, 0.2) is 0 Å². The van der Waals surface area contributed by atoms with E-state index in [1.54, 1.807) is 12.0 Å². The van der Waals surface area contributed by atoms with Crippen molar-refractivity contribution in [1.29, 1.82) is 0 Å². The molecular weight excluding hydrogens is 450 g/mol. The van der Waals surface area contributed by atoms with Crippen molar-refractivity contribution in [3.8, 4) is 5.75 Å². The van der Waals surface area contributed by atoms with Gasteiger partial charge in [0.25, 0.3) is 5.91 Å². The Kier molecular flexibility index (Phi) is 6.51. The second-order valence-electron chi connectivity index (χ2n) is 9.39. The van der Waals surface area contributed by atoms with Crippen molar-refractivity contribution >= 4 is 22.7 Å². The lowest BCUT2D eigenvalue weighted by Crippen LogP contribution is -2.51. The van der Waals surface area contributed by atoms with E-state index in [0.29, 0.717) is 12.1 Å². The van der Waals surface area contributed by atoms with Gasteiger partial charge in [-0.3, -0.25) is 9.59 Å². The average Bonchev–Trinajstić information content (AvgIpc) is 3.46. The lowest BCUT2D eigenvalue weighted by Gasteiger charge is -2.36. The standard InChI is InChI=1S/C30H31N3O3/c1-4-19(2)27(29(34)32-17-20-13-15-21(36-3)16-14-20)33-28(23-10-5-6-11-24(23)30(33)35)25-18-31-26-12-8-7-9-22(25)26/h5-16,18-19,27-28,31H,4,17H2,1-3H3,(H,32,34). The summed E-state index contributed by atoms with van der Waals surface area (Å²) in [5, 5.41) is 4.15. The maximum atomic E-state index is 13.9. The summed E-state index contributed by atoms with van der Waals surface area (Å²) >= 11 is 0. The van der Waals surface area contributed by atoms with Crippen molar-refractivity contribution < 1.29 is 14.3 Å². The van der Waals surface area contributed by atoms with Crippen LogP contribution in [0.1, 0.15) is 53.4 Å². The summed E-state index contributed by atoms with van der Waals surface area (Å²) in [5.74, 6) is 0.480. The quantitative estimate of drug-likeness (QED) is 0.351. The van der Waals surface area contributed by atoms with Crippen LogP contribution in [0.4, 0.5) is 0 Å². The Hall–Kier alpha value is -4.06. The van der Waals surface area contributed by atoms with Crippen LogP contribution in [0.15, 0.2) is 79.0 Å². The van der Waals surface area contributed by atoms with Gasteiger partial charge in [0, 0.05) is 34.8 Å². The fourth-order valence-electron chi connectivity index (χ4n) is 5.18. The number of nitrogens with one attached hydrogen (secondary N) is 2. The van der Waals surface area contributed by atoms with Crippen LogP contribution in [0.25, 0.3) is 10.9 Å². The normalized spacial score (nSPS) is 16.6. The predicted molar refractivity (Wildman–Crippen MR) is 141 cm³/mol. The third kappa shape index (κ3) is 4.13. The number of amides is 2. The van der Waals surface area contributed by atoms with Gasteiger partial charge in [0.2, 0.25) is 5.91 Å². The number of carbonyl (C=O) groups excluding carboxylic acids is 2. The summed E-state index contributed by atoms with van der Waals surface area (Å²) in [7, 11) is 1.63. The van der Waals surface area contributed by atoms with Crippen molar-refractivity contribution in [1.82, 2.24) is 15.2 Å². The van der Waals surface area contributed by atoms with Gasteiger partial charge in [-0.05, 0) is 41.3 Å². The van der Waals surface area contributed by atoms with E-state index < -0.39 is 6.04 Å². The van der Waals surface area contributed by atoms with Gasteiger partial charge in [-0.15, -0.1) is 0 Å². The average molecular weight is 482 g/mol. The third-order valence-corrected chi connectivity index (χ3v) is 7.29. The zero-order valence-corrected chi connectivity index (χ0v) is 20.8. The third-order valence-electron chi connectivity index (χ3n) is 7.29. The van der Waals surface area contributed by atoms with Crippen molar-refractivity contribution in [2.24, 2.45) is 5.92 Å². The molecule has 4 aromatic rings. The van der Waals surface area contributed by atoms with Crippen LogP contribution in [0.2, 0.25) is 0 Å². The molecule has 2 amide bonds. The highest BCUT2D eigenvalue weighted by Crippen LogP contribution is 2.43. The van der Waals surface area contributed by atoms with Gasteiger partial charge in [-0.1, -0.05) is 68.8 Å². The molecule has 0 saturated heterocycles. The molecule has 0 fully saturated rings. The Bertz CT molecular complexity index is 1390. The van der Waals surface area contributed by atoms with E-state index in [1.807, 2.05) is 79.9 Å². The molecule has 2 heterocycles.